The first-order chi connectivity index (χ1) is 15.9. The molecule has 0 saturated heterocycles. The van der Waals surface area contributed by atoms with Crippen LogP contribution in [0.4, 0.5) is 9.52 Å². The summed E-state index contributed by atoms with van der Waals surface area (Å²) in [6, 6.07) is 12.2. The first-order valence-electron chi connectivity index (χ1n) is 10.2. The summed E-state index contributed by atoms with van der Waals surface area (Å²) in [4.78, 5) is 12.9. The number of rotatable bonds is 8. The SMILES string of the molecule is CCOc1cn(-c2ccc(F)cc2)nc1C(=O)Nc1nnc(SCc2cc(C)ccc2C)s1. The number of thioether (sulfide) groups is 1. The Bertz CT molecular complexity index is 1270. The molecule has 0 aliphatic carbocycles. The summed E-state index contributed by atoms with van der Waals surface area (Å²) in [5, 5.41) is 15.7. The van der Waals surface area contributed by atoms with Crippen molar-refractivity contribution in [2.45, 2.75) is 30.9 Å². The van der Waals surface area contributed by atoms with Gasteiger partial charge in [-0.25, -0.2) is 9.07 Å². The quantitative estimate of drug-likeness (QED) is 0.266. The van der Waals surface area contributed by atoms with Crippen molar-refractivity contribution in [2.24, 2.45) is 0 Å². The van der Waals surface area contributed by atoms with Gasteiger partial charge in [0, 0.05) is 5.75 Å². The molecule has 2 heterocycles. The van der Waals surface area contributed by atoms with Gasteiger partial charge in [-0.3, -0.25) is 10.1 Å². The fourth-order valence-corrected chi connectivity index (χ4v) is 4.88. The minimum absolute atomic E-state index is 0.112. The molecule has 10 heteroatoms. The van der Waals surface area contributed by atoms with Crippen molar-refractivity contribution in [3.8, 4) is 11.4 Å². The number of nitrogens with zero attached hydrogens (tertiary/aromatic N) is 4. The molecule has 0 radical (unpaired) electrons. The monoisotopic (exact) mass is 483 g/mol. The molecule has 0 aliphatic heterocycles. The van der Waals surface area contributed by atoms with Crippen molar-refractivity contribution in [2.75, 3.05) is 11.9 Å². The van der Waals surface area contributed by atoms with Gasteiger partial charge in [0.1, 0.15) is 5.82 Å². The second kappa shape index (κ2) is 10.1. The maximum atomic E-state index is 13.2. The highest BCUT2D eigenvalue weighted by Gasteiger charge is 2.20. The van der Waals surface area contributed by atoms with E-state index in [9.17, 15) is 9.18 Å². The van der Waals surface area contributed by atoms with Crippen LogP contribution in [0.25, 0.3) is 5.69 Å². The predicted molar refractivity (Wildman–Crippen MR) is 128 cm³/mol. The smallest absolute Gasteiger partial charge is 0.281 e. The highest BCUT2D eigenvalue weighted by molar-refractivity contribution is 8.00. The topological polar surface area (TPSA) is 81.9 Å². The van der Waals surface area contributed by atoms with E-state index in [4.69, 9.17) is 4.74 Å². The number of aryl methyl sites for hydroxylation is 2. The molecule has 4 aromatic rings. The number of anilines is 1. The summed E-state index contributed by atoms with van der Waals surface area (Å²) in [7, 11) is 0. The number of hydrogen-bond acceptors (Lipinski definition) is 7. The predicted octanol–water partition coefficient (Wildman–Crippen LogP) is 5.42. The van der Waals surface area contributed by atoms with Gasteiger partial charge in [0.2, 0.25) is 5.13 Å². The Morgan fingerprint density at radius 1 is 1.18 bits per heavy atom. The summed E-state index contributed by atoms with van der Waals surface area (Å²) in [5.41, 5.74) is 4.41. The first-order valence-corrected chi connectivity index (χ1v) is 12.1. The van der Waals surface area contributed by atoms with Crippen molar-refractivity contribution in [3.05, 3.63) is 76.9 Å². The summed E-state index contributed by atoms with van der Waals surface area (Å²) >= 11 is 2.87. The molecule has 0 aliphatic rings. The largest absolute Gasteiger partial charge is 0.490 e. The van der Waals surface area contributed by atoms with E-state index in [-0.39, 0.29) is 11.5 Å². The Hall–Kier alpha value is -3.24. The van der Waals surface area contributed by atoms with Gasteiger partial charge in [-0.15, -0.1) is 10.2 Å². The molecule has 0 atom stereocenters. The van der Waals surface area contributed by atoms with Gasteiger partial charge >= 0.3 is 0 Å². The Morgan fingerprint density at radius 2 is 1.97 bits per heavy atom. The molecule has 7 nitrogen and oxygen atoms in total. The average Bonchev–Trinajstić information content (AvgIpc) is 3.42. The number of amides is 1. The number of carbonyl (C=O) groups excluding carboxylic acids is 1. The molecule has 0 bridgehead atoms. The molecule has 170 valence electrons. The Kier molecular flexibility index (Phi) is 7.05. The van der Waals surface area contributed by atoms with Crippen molar-refractivity contribution in [1.29, 1.82) is 0 Å². The average molecular weight is 484 g/mol. The van der Waals surface area contributed by atoms with E-state index in [1.807, 2.05) is 6.92 Å². The molecule has 4 rings (SSSR count). The number of carbonyl (C=O) groups is 1. The highest BCUT2D eigenvalue weighted by Crippen LogP contribution is 2.30. The molecule has 1 amide bonds. The van der Waals surface area contributed by atoms with E-state index in [1.54, 1.807) is 30.1 Å². The normalized spacial score (nSPS) is 10.9. The van der Waals surface area contributed by atoms with Crippen molar-refractivity contribution < 1.29 is 13.9 Å². The number of ether oxygens (including phenoxy) is 1. The Labute approximate surface area is 199 Å². The van der Waals surface area contributed by atoms with E-state index in [0.717, 1.165) is 10.1 Å². The molecule has 0 spiro atoms. The zero-order valence-corrected chi connectivity index (χ0v) is 20.0. The second-order valence-electron chi connectivity index (χ2n) is 7.24. The maximum absolute atomic E-state index is 13.2. The van der Waals surface area contributed by atoms with Gasteiger partial charge < -0.3 is 4.74 Å². The van der Waals surface area contributed by atoms with Crippen LogP contribution in [0.1, 0.15) is 34.1 Å². The van der Waals surface area contributed by atoms with Crippen LogP contribution in [-0.2, 0) is 5.75 Å². The molecule has 33 heavy (non-hydrogen) atoms. The molecule has 2 aromatic carbocycles. The van der Waals surface area contributed by atoms with Crippen molar-refractivity contribution in [3.63, 3.8) is 0 Å². The van der Waals surface area contributed by atoms with E-state index in [1.165, 1.54) is 44.8 Å². The van der Waals surface area contributed by atoms with Gasteiger partial charge in [0.05, 0.1) is 18.5 Å². The number of nitrogens with one attached hydrogen (secondary N) is 1. The summed E-state index contributed by atoms with van der Waals surface area (Å²) in [6.45, 7) is 6.34. The van der Waals surface area contributed by atoms with Crippen LogP contribution in [-0.4, -0.2) is 32.5 Å². The number of hydrogen-bond donors (Lipinski definition) is 1. The van der Waals surface area contributed by atoms with Crippen LogP contribution in [0, 0.1) is 19.7 Å². The lowest BCUT2D eigenvalue weighted by molar-refractivity contribution is 0.101. The second-order valence-corrected chi connectivity index (χ2v) is 9.44. The minimum Gasteiger partial charge on any atom is -0.490 e. The number of aromatic nitrogens is 4. The third-order valence-electron chi connectivity index (χ3n) is 4.77. The lowest BCUT2D eigenvalue weighted by atomic mass is 10.1. The summed E-state index contributed by atoms with van der Waals surface area (Å²) in [5.74, 6) is 0.290. The molecule has 2 aromatic heterocycles. The van der Waals surface area contributed by atoms with Crippen LogP contribution in [0.15, 0.2) is 53.0 Å². The van der Waals surface area contributed by atoms with Gasteiger partial charge in [0.15, 0.2) is 15.8 Å². The lowest BCUT2D eigenvalue weighted by Gasteiger charge is -2.05. The first kappa shape index (κ1) is 22.9. The molecular weight excluding hydrogens is 461 g/mol. The molecule has 0 unspecified atom stereocenters. The van der Waals surface area contributed by atoms with Crippen LogP contribution in [0.3, 0.4) is 0 Å². The molecular formula is C23H22FN5O2S2. The minimum atomic E-state index is -0.457. The van der Waals surface area contributed by atoms with Crippen LogP contribution >= 0.6 is 23.1 Å². The standard InChI is InChI=1S/C23H22FN5O2S2/c1-4-31-19-12-29(18-9-7-17(24)8-10-18)28-20(19)21(30)25-22-26-27-23(33-22)32-13-16-11-14(2)5-6-15(16)3/h5-12H,4,13H2,1-3H3,(H,25,26,30). The summed E-state index contributed by atoms with van der Waals surface area (Å²) < 4.78 is 21.1. The van der Waals surface area contributed by atoms with Crippen LogP contribution < -0.4 is 10.1 Å². The van der Waals surface area contributed by atoms with E-state index in [0.29, 0.717) is 23.2 Å². The Morgan fingerprint density at radius 3 is 2.73 bits per heavy atom. The van der Waals surface area contributed by atoms with Gasteiger partial charge in [-0.05, 0) is 56.2 Å². The maximum Gasteiger partial charge on any atom is 0.281 e. The molecule has 1 N–H and O–H groups in total. The summed E-state index contributed by atoms with van der Waals surface area (Å²) in [6.07, 6.45) is 1.59. The van der Waals surface area contributed by atoms with Gasteiger partial charge in [-0.1, -0.05) is 46.9 Å². The van der Waals surface area contributed by atoms with E-state index >= 15 is 0 Å². The zero-order chi connectivity index (χ0) is 23.4. The van der Waals surface area contributed by atoms with Crippen LogP contribution in [0.2, 0.25) is 0 Å². The highest BCUT2D eigenvalue weighted by atomic mass is 32.2. The van der Waals surface area contributed by atoms with Crippen molar-refractivity contribution in [1.82, 2.24) is 20.0 Å². The molecule has 0 saturated carbocycles. The third-order valence-corrected chi connectivity index (χ3v) is 6.79. The third kappa shape index (κ3) is 5.58. The van der Waals surface area contributed by atoms with E-state index in [2.05, 4.69) is 52.7 Å². The van der Waals surface area contributed by atoms with Gasteiger partial charge in [0.25, 0.3) is 5.91 Å². The lowest BCUT2D eigenvalue weighted by Crippen LogP contribution is -2.14. The van der Waals surface area contributed by atoms with Crippen LogP contribution in [0.5, 0.6) is 5.75 Å². The Balaban J connectivity index is 1.46. The van der Waals surface area contributed by atoms with E-state index < -0.39 is 5.91 Å². The fourth-order valence-electron chi connectivity index (χ4n) is 3.07. The number of benzene rings is 2. The van der Waals surface area contributed by atoms with Gasteiger partial charge in [-0.2, -0.15) is 5.10 Å². The number of halogens is 1. The van der Waals surface area contributed by atoms with Crippen molar-refractivity contribution >= 4 is 34.1 Å². The fraction of sp³-hybridized carbons (Fsp3) is 0.217. The molecule has 0 fully saturated rings. The zero-order valence-electron chi connectivity index (χ0n) is 18.3.